The van der Waals surface area contributed by atoms with Crippen LogP contribution in [0.3, 0.4) is 0 Å². The van der Waals surface area contributed by atoms with Gasteiger partial charge in [-0.15, -0.1) is 0 Å². The standard InChI is InChI=1S/C19H18F3N3OS/c1-24(2)10-11-25(18-23-15-8-3-4-9-16(15)27-18)17(26)13-6-5-7-14(12-13)19(20,21)22/h3-9,12H,10-11H2,1-2H3. The molecule has 3 rings (SSSR count). The highest BCUT2D eigenvalue weighted by Gasteiger charge is 2.31. The van der Waals surface area contributed by atoms with E-state index in [2.05, 4.69) is 4.98 Å². The lowest BCUT2D eigenvalue weighted by Crippen LogP contribution is -2.36. The van der Waals surface area contributed by atoms with Gasteiger partial charge < -0.3 is 4.90 Å². The van der Waals surface area contributed by atoms with Crippen LogP contribution in [0.5, 0.6) is 0 Å². The number of amides is 1. The fourth-order valence-electron chi connectivity index (χ4n) is 2.54. The Labute approximate surface area is 158 Å². The van der Waals surface area contributed by atoms with Crippen LogP contribution in [0.15, 0.2) is 48.5 Å². The summed E-state index contributed by atoms with van der Waals surface area (Å²) in [5, 5.41) is 0.473. The van der Waals surface area contributed by atoms with E-state index < -0.39 is 17.6 Å². The predicted molar refractivity (Wildman–Crippen MR) is 101 cm³/mol. The van der Waals surface area contributed by atoms with Gasteiger partial charge in [-0.2, -0.15) is 13.2 Å². The smallest absolute Gasteiger partial charge is 0.308 e. The van der Waals surface area contributed by atoms with E-state index in [0.29, 0.717) is 18.2 Å². The average molecular weight is 393 g/mol. The van der Waals surface area contributed by atoms with Gasteiger partial charge in [-0.1, -0.05) is 29.5 Å². The van der Waals surface area contributed by atoms with E-state index in [1.54, 1.807) is 0 Å². The van der Waals surface area contributed by atoms with Gasteiger partial charge >= 0.3 is 6.18 Å². The number of nitrogens with zero attached hydrogens (tertiary/aromatic N) is 3. The van der Waals surface area contributed by atoms with Crippen molar-refractivity contribution < 1.29 is 18.0 Å². The number of rotatable bonds is 5. The van der Waals surface area contributed by atoms with Crippen molar-refractivity contribution in [2.24, 2.45) is 0 Å². The molecule has 0 saturated heterocycles. The summed E-state index contributed by atoms with van der Waals surface area (Å²) in [6.07, 6.45) is -4.50. The van der Waals surface area contributed by atoms with Gasteiger partial charge in [0.15, 0.2) is 5.13 Å². The van der Waals surface area contributed by atoms with Crippen LogP contribution in [0.25, 0.3) is 10.2 Å². The average Bonchev–Trinajstić information content (AvgIpc) is 3.04. The SMILES string of the molecule is CN(C)CCN(C(=O)c1cccc(C(F)(F)F)c1)c1nc2ccccc2s1. The van der Waals surface area contributed by atoms with E-state index in [9.17, 15) is 18.0 Å². The largest absolute Gasteiger partial charge is 0.416 e. The zero-order chi connectivity index (χ0) is 19.6. The van der Waals surface area contributed by atoms with Crippen LogP contribution >= 0.6 is 11.3 Å². The molecular weight excluding hydrogens is 375 g/mol. The highest BCUT2D eigenvalue weighted by molar-refractivity contribution is 7.22. The van der Waals surface area contributed by atoms with Gasteiger partial charge in [0.2, 0.25) is 0 Å². The van der Waals surface area contributed by atoms with Crippen molar-refractivity contribution in [3.63, 3.8) is 0 Å². The van der Waals surface area contributed by atoms with Gasteiger partial charge in [-0.25, -0.2) is 4.98 Å². The number of carbonyl (C=O) groups is 1. The van der Waals surface area contributed by atoms with Gasteiger partial charge in [-0.3, -0.25) is 9.69 Å². The number of halogens is 3. The molecule has 0 unspecified atom stereocenters. The van der Waals surface area contributed by atoms with Gasteiger partial charge in [0.25, 0.3) is 5.91 Å². The molecule has 1 heterocycles. The molecule has 1 aromatic heterocycles. The lowest BCUT2D eigenvalue weighted by molar-refractivity contribution is -0.137. The first-order chi connectivity index (χ1) is 12.8. The van der Waals surface area contributed by atoms with E-state index in [1.807, 2.05) is 43.3 Å². The molecule has 0 aliphatic carbocycles. The predicted octanol–water partition coefficient (Wildman–Crippen LogP) is 4.52. The molecule has 4 nitrogen and oxygen atoms in total. The number of thiazole rings is 1. The Morgan fingerprint density at radius 1 is 1.07 bits per heavy atom. The fraction of sp³-hybridized carbons (Fsp3) is 0.263. The monoisotopic (exact) mass is 393 g/mol. The van der Waals surface area contributed by atoms with E-state index in [4.69, 9.17) is 0 Å². The number of hydrogen-bond donors (Lipinski definition) is 0. The molecular formula is C19H18F3N3OS. The molecule has 0 spiro atoms. The van der Waals surface area contributed by atoms with Crippen LogP contribution in [-0.4, -0.2) is 43.0 Å². The van der Waals surface area contributed by atoms with Crippen LogP contribution in [-0.2, 0) is 6.18 Å². The summed E-state index contributed by atoms with van der Waals surface area (Å²) in [4.78, 5) is 20.9. The van der Waals surface area contributed by atoms with E-state index in [-0.39, 0.29) is 5.56 Å². The van der Waals surface area contributed by atoms with Crippen LogP contribution < -0.4 is 4.90 Å². The third-order valence-electron chi connectivity index (χ3n) is 3.97. The van der Waals surface area contributed by atoms with Crippen LogP contribution in [0.4, 0.5) is 18.3 Å². The molecule has 0 bridgehead atoms. The summed E-state index contributed by atoms with van der Waals surface area (Å²) in [5.41, 5.74) is -0.0998. The Kier molecular flexibility index (Phi) is 5.48. The minimum atomic E-state index is -4.50. The maximum Gasteiger partial charge on any atom is 0.416 e. The number of anilines is 1. The molecule has 0 saturated carbocycles. The molecule has 0 fully saturated rings. The summed E-state index contributed by atoms with van der Waals surface area (Å²) < 4.78 is 39.9. The molecule has 3 aromatic rings. The van der Waals surface area contributed by atoms with Crippen molar-refractivity contribution in [3.05, 3.63) is 59.7 Å². The normalized spacial score (nSPS) is 11.9. The van der Waals surface area contributed by atoms with Gasteiger partial charge in [0.05, 0.1) is 15.8 Å². The summed E-state index contributed by atoms with van der Waals surface area (Å²) >= 11 is 1.34. The van der Waals surface area contributed by atoms with Gasteiger partial charge in [0, 0.05) is 18.7 Å². The maximum absolute atomic E-state index is 13.0. The second-order valence-corrected chi connectivity index (χ2v) is 7.31. The Bertz CT molecular complexity index is 920. The van der Waals surface area contributed by atoms with Crippen molar-refractivity contribution in [1.29, 1.82) is 0 Å². The number of fused-ring (bicyclic) bond motifs is 1. The molecule has 0 N–H and O–H groups in total. The summed E-state index contributed by atoms with van der Waals surface area (Å²) in [6.45, 7) is 0.878. The van der Waals surface area contributed by atoms with Crippen molar-refractivity contribution in [1.82, 2.24) is 9.88 Å². The minimum absolute atomic E-state index is 0.0113. The number of hydrogen-bond acceptors (Lipinski definition) is 4. The van der Waals surface area contributed by atoms with Crippen LogP contribution in [0, 0.1) is 0 Å². The lowest BCUT2D eigenvalue weighted by Gasteiger charge is -2.22. The first-order valence-electron chi connectivity index (χ1n) is 8.25. The number of likely N-dealkylation sites (N-methyl/N-ethyl adjacent to an activating group) is 1. The zero-order valence-corrected chi connectivity index (χ0v) is 15.6. The van der Waals surface area contributed by atoms with Crippen LogP contribution in [0.2, 0.25) is 0 Å². The van der Waals surface area contributed by atoms with E-state index in [1.165, 1.54) is 28.4 Å². The molecule has 142 valence electrons. The quantitative estimate of drug-likeness (QED) is 0.639. The Morgan fingerprint density at radius 2 is 1.81 bits per heavy atom. The Morgan fingerprint density at radius 3 is 2.48 bits per heavy atom. The summed E-state index contributed by atoms with van der Waals surface area (Å²) in [6, 6.07) is 12.0. The number of benzene rings is 2. The first-order valence-corrected chi connectivity index (χ1v) is 9.07. The van der Waals surface area contributed by atoms with Crippen molar-refractivity contribution in [3.8, 4) is 0 Å². The van der Waals surface area contributed by atoms with Gasteiger partial charge in [-0.05, 0) is 44.4 Å². The summed E-state index contributed by atoms with van der Waals surface area (Å²) in [7, 11) is 3.73. The molecule has 0 aliphatic rings. The van der Waals surface area contributed by atoms with Crippen molar-refractivity contribution in [2.45, 2.75) is 6.18 Å². The second kappa shape index (κ2) is 7.66. The minimum Gasteiger partial charge on any atom is -0.308 e. The maximum atomic E-state index is 13.0. The number of alkyl halides is 3. The highest BCUT2D eigenvalue weighted by Crippen LogP contribution is 2.32. The van der Waals surface area contributed by atoms with Crippen molar-refractivity contribution in [2.75, 3.05) is 32.1 Å². The molecule has 8 heteroatoms. The Balaban J connectivity index is 1.98. The van der Waals surface area contributed by atoms with E-state index >= 15 is 0 Å². The zero-order valence-electron chi connectivity index (χ0n) is 14.8. The first kappa shape index (κ1) is 19.3. The number of para-hydroxylation sites is 1. The third-order valence-corrected chi connectivity index (χ3v) is 5.03. The van der Waals surface area contributed by atoms with Gasteiger partial charge in [0.1, 0.15) is 0 Å². The molecule has 0 aliphatic heterocycles. The fourth-order valence-corrected chi connectivity index (χ4v) is 3.53. The molecule has 27 heavy (non-hydrogen) atoms. The topological polar surface area (TPSA) is 36.4 Å². The highest BCUT2D eigenvalue weighted by atomic mass is 32.1. The molecule has 2 aromatic carbocycles. The molecule has 1 amide bonds. The molecule has 0 atom stereocenters. The lowest BCUT2D eigenvalue weighted by atomic mass is 10.1. The number of aromatic nitrogens is 1. The Hall–Kier alpha value is -2.45. The summed E-state index contributed by atoms with van der Waals surface area (Å²) in [5.74, 6) is -0.498. The third kappa shape index (κ3) is 4.45. The van der Waals surface area contributed by atoms with E-state index in [0.717, 1.165) is 22.3 Å². The molecule has 0 radical (unpaired) electrons. The second-order valence-electron chi connectivity index (χ2n) is 6.30. The van der Waals surface area contributed by atoms with Crippen molar-refractivity contribution >= 4 is 32.6 Å². The van der Waals surface area contributed by atoms with Crippen LogP contribution in [0.1, 0.15) is 15.9 Å². The number of carbonyl (C=O) groups excluding carboxylic acids is 1.